The summed E-state index contributed by atoms with van der Waals surface area (Å²) in [6, 6.07) is 9.60. The van der Waals surface area contributed by atoms with Gasteiger partial charge in [0.15, 0.2) is 16.6 Å². The smallest absolute Gasteiger partial charge is 0.358 e. The van der Waals surface area contributed by atoms with Crippen molar-refractivity contribution in [2.24, 2.45) is 7.05 Å². The van der Waals surface area contributed by atoms with E-state index < -0.39 is 5.97 Å². The highest BCUT2D eigenvalue weighted by atomic mass is 32.1. The van der Waals surface area contributed by atoms with Crippen LogP contribution in [0.5, 0.6) is 0 Å². The van der Waals surface area contributed by atoms with E-state index in [4.69, 9.17) is 17.0 Å². The van der Waals surface area contributed by atoms with Gasteiger partial charge in [-0.3, -0.25) is 0 Å². The van der Waals surface area contributed by atoms with E-state index in [1.807, 2.05) is 30.3 Å². The maximum atomic E-state index is 12.3. The summed E-state index contributed by atoms with van der Waals surface area (Å²) in [5.74, 6) is 0.549. The van der Waals surface area contributed by atoms with E-state index in [0.29, 0.717) is 29.0 Å². The Kier molecular flexibility index (Phi) is 6.08. The van der Waals surface area contributed by atoms with Gasteiger partial charge in [-0.2, -0.15) is 0 Å². The Hall–Kier alpha value is -2.67. The maximum absolute atomic E-state index is 12.3. The number of esters is 1. The number of benzene rings is 1. The van der Waals surface area contributed by atoms with Crippen LogP contribution in [0.25, 0.3) is 11.4 Å². The minimum absolute atomic E-state index is 0.281. The van der Waals surface area contributed by atoms with Gasteiger partial charge in [0.2, 0.25) is 0 Å². The average Bonchev–Trinajstić information content (AvgIpc) is 2.90. The van der Waals surface area contributed by atoms with Crippen molar-refractivity contribution in [1.82, 2.24) is 14.9 Å². The summed E-state index contributed by atoms with van der Waals surface area (Å²) < 4.78 is 6.84. The molecule has 0 aliphatic rings. The lowest BCUT2D eigenvalue weighted by molar-refractivity contribution is 0.0517. The van der Waals surface area contributed by atoms with Crippen LogP contribution < -0.4 is 10.6 Å². The standard InChI is InChI=1S/C17H20N4O2S/c1-4-11-18-17(24)20-14-13(16(22)23-5-2)21(3)15(19-14)12-9-7-6-8-10-12/h4,6-10H,1,5,11H2,2-3H3,(H2,18,20,24). The number of imidazole rings is 1. The van der Waals surface area contributed by atoms with E-state index in [1.165, 1.54) is 0 Å². The van der Waals surface area contributed by atoms with Crippen molar-refractivity contribution in [3.63, 3.8) is 0 Å². The van der Waals surface area contributed by atoms with E-state index in [2.05, 4.69) is 22.2 Å². The second-order valence-corrected chi connectivity index (χ2v) is 5.31. The van der Waals surface area contributed by atoms with Crippen LogP contribution in [0, 0.1) is 0 Å². The summed E-state index contributed by atoms with van der Waals surface area (Å²) in [5, 5.41) is 6.26. The van der Waals surface area contributed by atoms with Crippen LogP contribution in [0.15, 0.2) is 43.0 Å². The molecule has 0 unspecified atom stereocenters. The van der Waals surface area contributed by atoms with Gasteiger partial charge in [0.25, 0.3) is 0 Å². The van der Waals surface area contributed by atoms with E-state index in [0.717, 1.165) is 5.56 Å². The van der Waals surface area contributed by atoms with Gasteiger partial charge < -0.3 is 19.9 Å². The number of thiocarbonyl (C=S) groups is 1. The quantitative estimate of drug-likeness (QED) is 0.477. The van der Waals surface area contributed by atoms with Crippen LogP contribution >= 0.6 is 12.2 Å². The number of hydrogen-bond acceptors (Lipinski definition) is 4. The summed E-state index contributed by atoms with van der Waals surface area (Å²) in [7, 11) is 1.77. The first-order chi connectivity index (χ1) is 11.6. The highest BCUT2D eigenvalue weighted by Gasteiger charge is 2.23. The first-order valence-electron chi connectivity index (χ1n) is 7.53. The van der Waals surface area contributed by atoms with E-state index in [-0.39, 0.29) is 6.61 Å². The maximum Gasteiger partial charge on any atom is 0.358 e. The molecule has 24 heavy (non-hydrogen) atoms. The minimum Gasteiger partial charge on any atom is -0.461 e. The molecule has 0 saturated heterocycles. The topological polar surface area (TPSA) is 68.2 Å². The molecule has 126 valence electrons. The number of aromatic nitrogens is 2. The molecular formula is C17H20N4O2S. The van der Waals surface area contributed by atoms with Crippen molar-refractivity contribution in [3.8, 4) is 11.4 Å². The molecule has 0 fully saturated rings. The zero-order valence-corrected chi connectivity index (χ0v) is 14.5. The van der Waals surface area contributed by atoms with Gasteiger partial charge in [0.05, 0.1) is 6.61 Å². The fourth-order valence-electron chi connectivity index (χ4n) is 2.18. The SMILES string of the molecule is C=CCNC(=S)Nc1nc(-c2ccccc2)n(C)c1C(=O)OCC. The molecule has 2 aromatic rings. The molecular weight excluding hydrogens is 324 g/mol. The average molecular weight is 344 g/mol. The van der Waals surface area contributed by atoms with Gasteiger partial charge in [-0.15, -0.1) is 6.58 Å². The summed E-state index contributed by atoms with van der Waals surface area (Å²) in [4.78, 5) is 16.9. The second kappa shape index (κ2) is 8.26. The summed E-state index contributed by atoms with van der Waals surface area (Å²) in [6.07, 6.45) is 1.69. The molecule has 6 nitrogen and oxygen atoms in total. The Morgan fingerprint density at radius 3 is 2.75 bits per heavy atom. The van der Waals surface area contributed by atoms with Crippen molar-refractivity contribution in [2.45, 2.75) is 6.92 Å². The number of ether oxygens (including phenoxy) is 1. The molecule has 0 aliphatic carbocycles. The third kappa shape index (κ3) is 3.99. The number of nitrogens with zero attached hydrogens (tertiary/aromatic N) is 2. The highest BCUT2D eigenvalue weighted by molar-refractivity contribution is 7.80. The second-order valence-electron chi connectivity index (χ2n) is 4.90. The van der Waals surface area contributed by atoms with Crippen LogP contribution in [0.2, 0.25) is 0 Å². The normalized spacial score (nSPS) is 10.1. The Morgan fingerprint density at radius 2 is 2.12 bits per heavy atom. The monoisotopic (exact) mass is 344 g/mol. The molecule has 1 heterocycles. The molecule has 0 amide bonds. The molecule has 2 rings (SSSR count). The van der Waals surface area contributed by atoms with E-state index in [9.17, 15) is 4.79 Å². The number of nitrogens with one attached hydrogen (secondary N) is 2. The van der Waals surface area contributed by atoms with Crippen molar-refractivity contribution < 1.29 is 9.53 Å². The van der Waals surface area contributed by atoms with Crippen LogP contribution in [0.4, 0.5) is 5.82 Å². The number of hydrogen-bond donors (Lipinski definition) is 2. The molecule has 0 atom stereocenters. The largest absolute Gasteiger partial charge is 0.461 e. The molecule has 0 radical (unpaired) electrons. The van der Waals surface area contributed by atoms with Crippen molar-refractivity contribution in [2.75, 3.05) is 18.5 Å². The van der Waals surface area contributed by atoms with Gasteiger partial charge >= 0.3 is 5.97 Å². The third-order valence-corrected chi connectivity index (χ3v) is 3.48. The van der Waals surface area contributed by atoms with Crippen LogP contribution in [-0.2, 0) is 11.8 Å². The molecule has 0 saturated carbocycles. The predicted octanol–water partition coefficient (Wildman–Crippen LogP) is 2.74. The van der Waals surface area contributed by atoms with Gasteiger partial charge in [-0.1, -0.05) is 36.4 Å². The van der Waals surface area contributed by atoms with Crippen molar-refractivity contribution in [3.05, 3.63) is 48.7 Å². The van der Waals surface area contributed by atoms with Crippen LogP contribution in [0.3, 0.4) is 0 Å². The van der Waals surface area contributed by atoms with E-state index >= 15 is 0 Å². The van der Waals surface area contributed by atoms with Crippen LogP contribution in [-0.4, -0.2) is 33.8 Å². The van der Waals surface area contributed by atoms with E-state index in [1.54, 1.807) is 24.6 Å². The lowest BCUT2D eigenvalue weighted by atomic mass is 10.2. The lowest BCUT2D eigenvalue weighted by Gasteiger charge is -2.09. The van der Waals surface area contributed by atoms with Gasteiger partial charge in [-0.05, 0) is 19.1 Å². The summed E-state index contributed by atoms with van der Waals surface area (Å²) in [6.45, 7) is 6.18. The first-order valence-corrected chi connectivity index (χ1v) is 7.94. The molecule has 1 aromatic heterocycles. The molecule has 0 aliphatic heterocycles. The summed E-state index contributed by atoms with van der Waals surface area (Å²) >= 11 is 5.21. The number of carbonyl (C=O) groups excluding carboxylic acids is 1. The van der Waals surface area contributed by atoms with Crippen molar-refractivity contribution >= 4 is 29.1 Å². The van der Waals surface area contributed by atoms with Gasteiger partial charge in [0.1, 0.15) is 5.82 Å². The lowest BCUT2D eigenvalue weighted by Crippen LogP contribution is -2.29. The summed E-state index contributed by atoms with van der Waals surface area (Å²) in [5.41, 5.74) is 1.21. The zero-order valence-electron chi connectivity index (χ0n) is 13.7. The molecule has 0 bridgehead atoms. The Bertz CT molecular complexity index is 741. The molecule has 2 N–H and O–H groups in total. The Balaban J connectivity index is 2.42. The highest BCUT2D eigenvalue weighted by Crippen LogP contribution is 2.25. The minimum atomic E-state index is -0.455. The Labute approximate surface area is 146 Å². The molecule has 7 heteroatoms. The fraction of sp³-hybridized carbons (Fsp3) is 0.235. The van der Waals surface area contributed by atoms with Gasteiger partial charge in [0, 0.05) is 19.2 Å². The Morgan fingerprint density at radius 1 is 1.42 bits per heavy atom. The zero-order chi connectivity index (χ0) is 17.5. The number of carbonyl (C=O) groups is 1. The first kappa shape index (κ1) is 17.7. The van der Waals surface area contributed by atoms with Crippen LogP contribution in [0.1, 0.15) is 17.4 Å². The van der Waals surface area contributed by atoms with Crippen molar-refractivity contribution in [1.29, 1.82) is 0 Å². The molecule has 1 aromatic carbocycles. The molecule has 0 spiro atoms. The predicted molar refractivity (Wildman–Crippen MR) is 99.0 cm³/mol. The number of anilines is 1. The fourth-order valence-corrected chi connectivity index (χ4v) is 2.36. The van der Waals surface area contributed by atoms with Gasteiger partial charge in [-0.25, -0.2) is 9.78 Å². The number of rotatable bonds is 6. The third-order valence-electron chi connectivity index (χ3n) is 3.23.